The molecule has 194 valence electrons. The van der Waals surface area contributed by atoms with Gasteiger partial charge in [-0.3, -0.25) is 4.79 Å². The second-order valence-electron chi connectivity index (χ2n) is 7.55. The van der Waals surface area contributed by atoms with Crippen molar-refractivity contribution in [1.29, 1.82) is 0 Å². The number of benzene rings is 2. The maximum atomic E-state index is 12.8. The van der Waals surface area contributed by atoms with Crippen LogP contribution in [0, 0.1) is 0 Å². The monoisotopic (exact) mass is 569 g/mol. The minimum atomic E-state index is -3.53. The molecule has 0 spiro atoms. The number of anilines is 5. The minimum absolute atomic E-state index is 0.112. The van der Waals surface area contributed by atoms with E-state index in [0.717, 1.165) is 0 Å². The summed E-state index contributed by atoms with van der Waals surface area (Å²) < 4.78 is 30.9. The molecule has 13 heteroatoms. The van der Waals surface area contributed by atoms with Crippen LogP contribution < -0.4 is 20.7 Å². The number of ether oxygens (including phenoxy) is 1. The van der Waals surface area contributed by atoms with E-state index < -0.39 is 15.1 Å². The average Bonchev–Trinajstić information content (AvgIpc) is 2.88. The van der Waals surface area contributed by atoms with Crippen molar-refractivity contribution in [2.45, 2.75) is 37.3 Å². The quantitative estimate of drug-likeness (QED) is 0.159. The molecule has 0 aliphatic heterocycles. The maximum Gasteiger partial charge on any atom is 0.229 e. The predicted octanol–water partition coefficient (Wildman–Crippen LogP) is 5.92. The number of rotatable bonds is 9. The molecule has 9 nitrogen and oxygen atoms in total. The van der Waals surface area contributed by atoms with Gasteiger partial charge in [0.25, 0.3) is 0 Å². The van der Waals surface area contributed by atoms with Crippen molar-refractivity contribution in [2.75, 3.05) is 23.1 Å². The van der Waals surface area contributed by atoms with Crippen LogP contribution in [-0.4, -0.2) is 36.7 Å². The fourth-order valence-electron chi connectivity index (χ4n) is 2.96. The number of hydrogen-bond acceptors (Lipinski definition) is 10. The topological polar surface area (TPSA) is 122 Å². The van der Waals surface area contributed by atoms with E-state index in [4.69, 9.17) is 16.3 Å². The lowest BCUT2D eigenvalue weighted by Crippen LogP contribution is -2.15. The number of hydrogen-bond donors (Lipinski definition) is 5. The standard InChI is InChI=1S/C23H26ClN5O4S.H2S2/c1-5-21(30)26-15-10-11-17(19(12-15)33-4)28-23-25-13-16(24)22(29-23)27-18-8-6-7-9-20(18)34(31,32)14(2)3;1-2/h6-14H,5H2,1-4H3,(H,26,30)(H2,25,27,28,29);1-2H. The summed E-state index contributed by atoms with van der Waals surface area (Å²) >= 11 is 12.7. The molecule has 3 N–H and O–H groups in total. The number of aromatic nitrogens is 2. The second-order valence-corrected chi connectivity index (χ2v) is 10.4. The van der Waals surface area contributed by atoms with Gasteiger partial charge in [0.1, 0.15) is 10.8 Å². The Balaban J connectivity index is 0.00000222. The normalized spacial score (nSPS) is 10.8. The molecule has 0 aliphatic rings. The number of amides is 1. The highest BCUT2D eigenvalue weighted by Gasteiger charge is 2.23. The molecule has 0 aliphatic carbocycles. The van der Waals surface area contributed by atoms with Gasteiger partial charge in [0.2, 0.25) is 11.9 Å². The van der Waals surface area contributed by atoms with E-state index in [1.165, 1.54) is 19.4 Å². The molecule has 3 aromatic rings. The molecule has 0 fully saturated rings. The van der Waals surface area contributed by atoms with E-state index in [1.807, 2.05) is 0 Å². The number of carbonyl (C=O) groups is 1. The summed E-state index contributed by atoms with van der Waals surface area (Å²) in [5.41, 5.74) is 1.51. The lowest BCUT2D eigenvalue weighted by Gasteiger charge is -2.16. The van der Waals surface area contributed by atoms with Crippen LogP contribution in [-0.2, 0) is 14.6 Å². The summed E-state index contributed by atoms with van der Waals surface area (Å²) in [6, 6.07) is 11.7. The van der Waals surface area contributed by atoms with Crippen molar-refractivity contribution in [3.8, 4) is 5.75 Å². The van der Waals surface area contributed by atoms with Crippen molar-refractivity contribution in [3.05, 3.63) is 53.7 Å². The van der Waals surface area contributed by atoms with Crippen molar-refractivity contribution >= 4 is 79.5 Å². The number of para-hydroxylation sites is 1. The molecule has 1 amide bonds. The second kappa shape index (κ2) is 13.6. The van der Waals surface area contributed by atoms with Crippen LogP contribution in [0.15, 0.2) is 53.6 Å². The highest BCUT2D eigenvalue weighted by Crippen LogP contribution is 2.33. The molecular weight excluding hydrogens is 542 g/mol. The van der Waals surface area contributed by atoms with Crippen LogP contribution in [0.5, 0.6) is 5.75 Å². The Morgan fingerprint density at radius 2 is 1.81 bits per heavy atom. The molecule has 36 heavy (non-hydrogen) atoms. The predicted molar refractivity (Wildman–Crippen MR) is 152 cm³/mol. The first-order valence-corrected chi connectivity index (χ1v) is 14.3. The van der Waals surface area contributed by atoms with Gasteiger partial charge in [-0.1, -0.05) is 30.7 Å². The Bertz CT molecular complexity index is 1310. The van der Waals surface area contributed by atoms with Crippen LogP contribution in [0.4, 0.5) is 28.8 Å². The Labute approximate surface area is 226 Å². The van der Waals surface area contributed by atoms with Gasteiger partial charge in [0.15, 0.2) is 15.7 Å². The number of nitrogens with zero attached hydrogens (tertiary/aromatic N) is 2. The van der Waals surface area contributed by atoms with Crippen molar-refractivity contribution in [2.24, 2.45) is 0 Å². The zero-order valence-electron chi connectivity index (χ0n) is 20.1. The Morgan fingerprint density at radius 1 is 1.11 bits per heavy atom. The van der Waals surface area contributed by atoms with Gasteiger partial charge in [-0.25, -0.2) is 13.4 Å². The van der Waals surface area contributed by atoms with E-state index in [2.05, 4.69) is 49.2 Å². The Morgan fingerprint density at radius 3 is 2.44 bits per heavy atom. The average molecular weight is 570 g/mol. The lowest BCUT2D eigenvalue weighted by molar-refractivity contribution is -0.115. The molecular formula is C23H28ClN5O4S3. The van der Waals surface area contributed by atoms with Gasteiger partial charge in [-0.2, -0.15) is 4.98 Å². The summed E-state index contributed by atoms with van der Waals surface area (Å²) in [5.74, 6) is 0.797. The largest absolute Gasteiger partial charge is 0.494 e. The van der Waals surface area contributed by atoms with Gasteiger partial charge in [-0.15, -0.1) is 23.3 Å². The molecule has 0 radical (unpaired) electrons. The highest BCUT2D eigenvalue weighted by molar-refractivity contribution is 8.59. The van der Waals surface area contributed by atoms with E-state index in [-0.39, 0.29) is 27.6 Å². The molecule has 0 saturated heterocycles. The van der Waals surface area contributed by atoms with Crippen LogP contribution in [0.25, 0.3) is 0 Å². The molecule has 2 aromatic carbocycles. The molecule has 1 heterocycles. The molecule has 0 saturated carbocycles. The zero-order valence-corrected chi connectivity index (χ0v) is 23.5. The number of methoxy groups -OCH3 is 1. The molecule has 3 rings (SSSR count). The first kappa shape index (κ1) is 29.6. The molecule has 0 unspecified atom stereocenters. The van der Waals surface area contributed by atoms with E-state index in [0.29, 0.717) is 29.2 Å². The van der Waals surface area contributed by atoms with Gasteiger partial charge in [0, 0.05) is 18.2 Å². The van der Waals surface area contributed by atoms with Gasteiger partial charge >= 0.3 is 0 Å². The van der Waals surface area contributed by atoms with Crippen LogP contribution in [0.1, 0.15) is 27.2 Å². The van der Waals surface area contributed by atoms with Gasteiger partial charge in [0.05, 0.1) is 34.8 Å². The summed E-state index contributed by atoms with van der Waals surface area (Å²) in [4.78, 5) is 20.4. The third kappa shape index (κ3) is 7.42. The van der Waals surface area contributed by atoms with E-state index in [1.54, 1.807) is 57.2 Å². The first-order chi connectivity index (χ1) is 17.1. The lowest BCUT2D eigenvalue weighted by atomic mass is 10.2. The Kier molecular flexibility index (Phi) is 11.2. The molecule has 1 aromatic heterocycles. The van der Waals surface area contributed by atoms with Crippen LogP contribution >= 0.6 is 34.9 Å². The van der Waals surface area contributed by atoms with E-state index >= 15 is 0 Å². The van der Waals surface area contributed by atoms with Crippen molar-refractivity contribution < 1.29 is 17.9 Å². The van der Waals surface area contributed by atoms with Gasteiger partial charge in [-0.05, 0) is 38.1 Å². The number of sulfone groups is 1. The third-order valence-corrected chi connectivity index (χ3v) is 7.35. The summed E-state index contributed by atoms with van der Waals surface area (Å²) in [7, 11) is -2.03. The fraction of sp³-hybridized carbons (Fsp3) is 0.261. The third-order valence-electron chi connectivity index (χ3n) is 4.86. The van der Waals surface area contributed by atoms with Gasteiger partial charge < -0.3 is 20.7 Å². The molecule has 0 bridgehead atoms. The smallest absolute Gasteiger partial charge is 0.229 e. The summed E-state index contributed by atoms with van der Waals surface area (Å²) in [5, 5.41) is 8.47. The number of nitrogens with one attached hydrogen (secondary N) is 3. The van der Waals surface area contributed by atoms with Crippen molar-refractivity contribution in [3.63, 3.8) is 0 Å². The SMILES string of the molecule is CCC(=O)Nc1ccc(Nc2ncc(Cl)c(Nc3ccccc3S(=O)(=O)C(C)C)n2)c(OC)c1.SS. The summed E-state index contributed by atoms with van der Waals surface area (Å²) in [6.07, 6.45) is 1.76. The maximum absolute atomic E-state index is 12.8. The zero-order chi connectivity index (χ0) is 26.9. The highest BCUT2D eigenvalue weighted by atomic mass is 35.5. The van der Waals surface area contributed by atoms with Crippen LogP contribution in [0.3, 0.4) is 0 Å². The summed E-state index contributed by atoms with van der Waals surface area (Å²) in [6.45, 7) is 5.01. The number of carbonyl (C=O) groups excluding carboxylic acids is 1. The van der Waals surface area contributed by atoms with Crippen LogP contribution in [0.2, 0.25) is 5.02 Å². The number of thiol groups is 2. The minimum Gasteiger partial charge on any atom is -0.494 e. The van der Waals surface area contributed by atoms with Crippen molar-refractivity contribution in [1.82, 2.24) is 9.97 Å². The fourth-order valence-corrected chi connectivity index (χ4v) is 4.30. The first-order valence-electron chi connectivity index (χ1n) is 10.7. The number of halogens is 1. The Hall–Kier alpha value is -2.67. The van der Waals surface area contributed by atoms with E-state index in [9.17, 15) is 13.2 Å². The molecule has 0 atom stereocenters.